The van der Waals surface area contributed by atoms with Crippen molar-refractivity contribution in [2.45, 2.75) is 43.6 Å². The number of carbonyl (C=O) groups is 1. The molecule has 132 valence electrons. The van der Waals surface area contributed by atoms with E-state index in [1.807, 2.05) is 30.3 Å². The number of ether oxygens (including phenoxy) is 1. The van der Waals surface area contributed by atoms with Crippen LogP contribution in [-0.4, -0.2) is 27.9 Å². The third-order valence-electron chi connectivity index (χ3n) is 4.97. The molecule has 2 fully saturated rings. The van der Waals surface area contributed by atoms with Gasteiger partial charge in [0.2, 0.25) is 5.91 Å². The quantitative estimate of drug-likeness (QED) is 0.766. The summed E-state index contributed by atoms with van der Waals surface area (Å²) in [6.07, 6.45) is 5.02. The van der Waals surface area contributed by atoms with Crippen LogP contribution in [-0.2, 0) is 11.4 Å². The summed E-state index contributed by atoms with van der Waals surface area (Å²) in [6.45, 7) is 0.217. The minimum absolute atomic E-state index is 0.0443. The second kappa shape index (κ2) is 7.47. The molecule has 1 aromatic heterocycles. The first-order valence-electron chi connectivity index (χ1n) is 8.68. The van der Waals surface area contributed by atoms with Crippen molar-refractivity contribution >= 4 is 17.7 Å². The third-order valence-corrected chi connectivity index (χ3v) is 5.78. The molecule has 0 saturated heterocycles. The third kappa shape index (κ3) is 4.15. The van der Waals surface area contributed by atoms with E-state index in [1.165, 1.54) is 31.0 Å². The van der Waals surface area contributed by atoms with E-state index in [4.69, 9.17) is 9.15 Å². The van der Waals surface area contributed by atoms with Crippen molar-refractivity contribution in [2.75, 3.05) is 5.75 Å². The van der Waals surface area contributed by atoms with Gasteiger partial charge in [0, 0.05) is 6.04 Å². The molecule has 2 aromatic rings. The lowest BCUT2D eigenvalue weighted by Crippen LogP contribution is -2.39. The molecule has 1 heterocycles. The number of rotatable bonds is 7. The molecule has 7 heteroatoms. The number of nitrogens with zero attached hydrogens (tertiary/aromatic N) is 2. The lowest BCUT2D eigenvalue weighted by atomic mass is 9.95. The van der Waals surface area contributed by atoms with Gasteiger partial charge in [-0.25, -0.2) is 0 Å². The van der Waals surface area contributed by atoms with Gasteiger partial charge in [0.1, 0.15) is 5.75 Å². The number of carbonyl (C=O) groups excluding carboxylic acids is 1. The standard InChI is InChI=1S/C18H21N3O3S/c22-16(19-15-9-12-6-7-13(15)8-12)11-25-18-21-20-17(24-18)10-23-14-4-2-1-3-5-14/h1-5,12-13,15H,6-11H2,(H,19,22)/t12-,13-,15-/m0/s1. The minimum atomic E-state index is 0.0443. The SMILES string of the molecule is O=C(CSc1nnc(COc2ccccc2)o1)N[C@H]1C[C@H]2CC[C@H]1C2. The normalized spacial score (nSPS) is 24.4. The number of hydrogen-bond donors (Lipinski definition) is 1. The molecule has 0 aliphatic heterocycles. The fraction of sp³-hybridized carbons (Fsp3) is 0.500. The van der Waals surface area contributed by atoms with Crippen LogP contribution in [0.1, 0.15) is 31.6 Å². The molecule has 0 unspecified atom stereocenters. The summed E-state index contributed by atoms with van der Waals surface area (Å²) >= 11 is 1.27. The average molecular weight is 359 g/mol. The topological polar surface area (TPSA) is 77.2 Å². The molecule has 2 aliphatic rings. The molecule has 0 radical (unpaired) electrons. The van der Waals surface area contributed by atoms with Crippen LogP contribution in [0.3, 0.4) is 0 Å². The van der Waals surface area contributed by atoms with Crippen LogP contribution < -0.4 is 10.1 Å². The zero-order valence-corrected chi connectivity index (χ0v) is 14.7. The molecule has 6 nitrogen and oxygen atoms in total. The van der Waals surface area contributed by atoms with E-state index in [2.05, 4.69) is 15.5 Å². The predicted octanol–water partition coefficient (Wildman–Crippen LogP) is 3.05. The number of aromatic nitrogens is 2. The molecule has 2 aliphatic carbocycles. The summed E-state index contributed by atoms with van der Waals surface area (Å²) in [5.41, 5.74) is 0. The second-order valence-corrected chi connectivity index (χ2v) is 7.63. The van der Waals surface area contributed by atoms with Gasteiger partial charge in [-0.3, -0.25) is 4.79 Å². The largest absolute Gasteiger partial charge is 0.484 e. The maximum absolute atomic E-state index is 12.1. The summed E-state index contributed by atoms with van der Waals surface area (Å²) in [7, 11) is 0. The Labute approximate surface area is 150 Å². The van der Waals surface area contributed by atoms with Gasteiger partial charge < -0.3 is 14.5 Å². The van der Waals surface area contributed by atoms with Crippen molar-refractivity contribution in [2.24, 2.45) is 11.8 Å². The van der Waals surface area contributed by atoms with Crippen molar-refractivity contribution in [3.05, 3.63) is 36.2 Å². The molecule has 3 atom stereocenters. The molecule has 2 saturated carbocycles. The van der Waals surface area contributed by atoms with Crippen LogP contribution >= 0.6 is 11.8 Å². The van der Waals surface area contributed by atoms with Gasteiger partial charge in [-0.05, 0) is 43.2 Å². The van der Waals surface area contributed by atoms with E-state index < -0.39 is 0 Å². The highest BCUT2D eigenvalue weighted by atomic mass is 32.2. The summed E-state index contributed by atoms with van der Waals surface area (Å²) in [6, 6.07) is 9.83. The van der Waals surface area contributed by atoms with Crippen LogP contribution in [0, 0.1) is 11.8 Å². The fourth-order valence-corrected chi connectivity index (χ4v) is 4.41. The number of benzene rings is 1. The van der Waals surface area contributed by atoms with Gasteiger partial charge in [0.05, 0.1) is 5.75 Å². The lowest BCUT2D eigenvalue weighted by molar-refractivity contribution is -0.119. The number of fused-ring (bicyclic) bond motifs is 2. The average Bonchev–Trinajstić information content (AvgIpc) is 3.36. The van der Waals surface area contributed by atoms with E-state index in [0.29, 0.717) is 28.8 Å². The van der Waals surface area contributed by atoms with Gasteiger partial charge in [-0.15, -0.1) is 10.2 Å². The maximum atomic E-state index is 12.1. The van der Waals surface area contributed by atoms with Crippen molar-refractivity contribution < 1.29 is 13.9 Å². The van der Waals surface area contributed by atoms with Gasteiger partial charge in [0.25, 0.3) is 11.1 Å². The highest BCUT2D eigenvalue weighted by Crippen LogP contribution is 2.44. The van der Waals surface area contributed by atoms with E-state index in [9.17, 15) is 4.79 Å². The molecule has 2 bridgehead atoms. The van der Waals surface area contributed by atoms with Gasteiger partial charge in [-0.2, -0.15) is 0 Å². The molecular formula is C18H21N3O3S. The Morgan fingerprint density at radius 1 is 1.24 bits per heavy atom. The van der Waals surface area contributed by atoms with E-state index in [0.717, 1.165) is 18.1 Å². The smallest absolute Gasteiger partial charge is 0.277 e. The number of thioether (sulfide) groups is 1. The van der Waals surface area contributed by atoms with Gasteiger partial charge >= 0.3 is 0 Å². The fourth-order valence-electron chi connectivity index (χ4n) is 3.81. The Bertz CT molecular complexity index is 721. The van der Waals surface area contributed by atoms with Crippen molar-refractivity contribution in [3.63, 3.8) is 0 Å². The van der Waals surface area contributed by atoms with Crippen molar-refractivity contribution in [1.29, 1.82) is 0 Å². The van der Waals surface area contributed by atoms with Crippen molar-refractivity contribution in [1.82, 2.24) is 15.5 Å². The highest BCUT2D eigenvalue weighted by molar-refractivity contribution is 7.99. The summed E-state index contributed by atoms with van der Waals surface area (Å²) in [4.78, 5) is 12.1. The number of nitrogens with one attached hydrogen (secondary N) is 1. The first-order valence-corrected chi connectivity index (χ1v) is 9.67. The van der Waals surface area contributed by atoms with E-state index >= 15 is 0 Å². The van der Waals surface area contributed by atoms with Crippen LogP contribution in [0.15, 0.2) is 40.0 Å². The van der Waals surface area contributed by atoms with Crippen LogP contribution in [0.5, 0.6) is 5.75 Å². The minimum Gasteiger partial charge on any atom is -0.484 e. The van der Waals surface area contributed by atoms with Gasteiger partial charge in [-0.1, -0.05) is 36.4 Å². The monoisotopic (exact) mass is 359 g/mol. The Hall–Kier alpha value is -2.02. The predicted molar refractivity (Wildman–Crippen MR) is 93.2 cm³/mol. The molecule has 1 amide bonds. The van der Waals surface area contributed by atoms with Crippen molar-refractivity contribution in [3.8, 4) is 5.75 Å². The van der Waals surface area contributed by atoms with Crippen LogP contribution in [0.25, 0.3) is 0 Å². The van der Waals surface area contributed by atoms with E-state index in [1.54, 1.807) is 0 Å². The summed E-state index contributed by atoms with van der Waals surface area (Å²) in [5, 5.41) is 11.5. The Morgan fingerprint density at radius 3 is 2.88 bits per heavy atom. The van der Waals surface area contributed by atoms with Gasteiger partial charge in [0.15, 0.2) is 6.61 Å². The zero-order chi connectivity index (χ0) is 17.1. The number of amides is 1. The zero-order valence-electron chi connectivity index (χ0n) is 13.9. The summed E-state index contributed by atoms with van der Waals surface area (Å²) in [5.74, 6) is 3.01. The van der Waals surface area contributed by atoms with Crippen LogP contribution in [0.2, 0.25) is 0 Å². The Kier molecular flexibility index (Phi) is 4.92. The molecule has 0 spiro atoms. The first kappa shape index (κ1) is 16.4. The molecule has 1 aromatic carbocycles. The Morgan fingerprint density at radius 2 is 2.12 bits per heavy atom. The number of hydrogen-bond acceptors (Lipinski definition) is 6. The Balaban J connectivity index is 1.21. The number of para-hydroxylation sites is 1. The molecule has 4 rings (SSSR count). The first-order chi connectivity index (χ1) is 12.3. The molecule has 25 heavy (non-hydrogen) atoms. The summed E-state index contributed by atoms with van der Waals surface area (Å²) < 4.78 is 11.1. The molecule has 1 N–H and O–H groups in total. The lowest BCUT2D eigenvalue weighted by Gasteiger charge is -2.22. The second-order valence-electron chi connectivity index (χ2n) is 6.70. The van der Waals surface area contributed by atoms with Crippen LogP contribution in [0.4, 0.5) is 0 Å². The molecular weight excluding hydrogens is 338 g/mol. The van der Waals surface area contributed by atoms with E-state index in [-0.39, 0.29) is 12.5 Å². The highest BCUT2D eigenvalue weighted by Gasteiger charge is 2.40. The maximum Gasteiger partial charge on any atom is 0.277 e.